The standard InChI is InChI=1S/C12H22N4O3S/c1-7(2)15-12(11(16(18)19)9(4)14-15)13-8(3)10(6-17)20-5/h7-8,10,13,17H,6H2,1-5H3. The van der Waals surface area contributed by atoms with Crippen molar-refractivity contribution in [2.75, 3.05) is 18.2 Å². The summed E-state index contributed by atoms with van der Waals surface area (Å²) in [6.07, 6.45) is 1.90. The molecule has 0 aliphatic heterocycles. The molecule has 0 aromatic carbocycles. The van der Waals surface area contributed by atoms with Crippen molar-refractivity contribution in [2.45, 2.75) is 45.0 Å². The largest absolute Gasteiger partial charge is 0.395 e. The van der Waals surface area contributed by atoms with Crippen LogP contribution < -0.4 is 5.32 Å². The van der Waals surface area contributed by atoms with Gasteiger partial charge < -0.3 is 10.4 Å². The molecule has 2 atom stereocenters. The maximum atomic E-state index is 11.2. The van der Waals surface area contributed by atoms with Crippen LogP contribution in [-0.4, -0.2) is 44.0 Å². The van der Waals surface area contributed by atoms with Crippen LogP contribution in [0.4, 0.5) is 11.5 Å². The lowest BCUT2D eigenvalue weighted by atomic mass is 10.2. The van der Waals surface area contributed by atoms with Gasteiger partial charge >= 0.3 is 5.69 Å². The number of aryl methyl sites for hydroxylation is 1. The van der Waals surface area contributed by atoms with Gasteiger partial charge in [-0.2, -0.15) is 16.9 Å². The summed E-state index contributed by atoms with van der Waals surface area (Å²) < 4.78 is 1.62. The number of thioether (sulfide) groups is 1. The van der Waals surface area contributed by atoms with Crippen molar-refractivity contribution >= 4 is 23.3 Å². The molecule has 0 radical (unpaired) electrons. The van der Waals surface area contributed by atoms with E-state index in [1.807, 2.05) is 27.0 Å². The third kappa shape index (κ3) is 3.43. The molecule has 2 N–H and O–H groups in total. The third-order valence-electron chi connectivity index (χ3n) is 3.13. The Morgan fingerprint density at radius 2 is 2.10 bits per heavy atom. The molecule has 0 fully saturated rings. The molecule has 0 saturated heterocycles. The van der Waals surface area contributed by atoms with E-state index in [-0.39, 0.29) is 29.6 Å². The minimum Gasteiger partial charge on any atom is -0.395 e. The van der Waals surface area contributed by atoms with E-state index in [1.54, 1.807) is 11.6 Å². The Morgan fingerprint density at radius 1 is 1.50 bits per heavy atom. The van der Waals surface area contributed by atoms with Crippen molar-refractivity contribution < 1.29 is 10.0 Å². The second-order valence-electron chi connectivity index (χ2n) is 4.97. The van der Waals surface area contributed by atoms with Crippen LogP contribution in [0.5, 0.6) is 0 Å². The van der Waals surface area contributed by atoms with Gasteiger partial charge in [0.15, 0.2) is 0 Å². The van der Waals surface area contributed by atoms with Gasteiger partial charge in [0.25, 0.3) is 0 Å². The van der Waals surface area contributed by atoms with Gasteiger partial charge in [0.1, 0.15) is 5.69 Å². The maximum absolute atomic E-state index is 11.2. The number of nitro groups is 1. The molecule has 1 rings (SSSR count). The van der Waals surface area contributed by atoms with Crippen molar-refractivity contribution in [1.29, 1.82) is 0 Å². The van der Waals surface area contributed by atoms with Crippen molar-refractivity contribution in [1.82, 2.24) is 9.78 Å². The predicted octanol–water partition coefficient (Wildman–Crippen LogP) is 2.20. The highest BCUT2D eigenvalue weighted by Crippen LogP contribution is 2.32. The summed E-state index contributed by atoms with van der Waals surface area (Å²) in [6.45, 7) is 7.38. The number of aliphatic hydroxyl groups excluding tert-OH is 1. The Bertz CT molecular complexity index is 472. The van der Waals surface area contributed by atoms with E-state index in [0.29, 0.717) is 11.5 Å². The van der Waals surface area contributed by atoms with Crippen molar-refractivity contribution in [3.05, 3.63) is 15.8 Å². The number of aromatic nitrogens is 2. The molecule has 0 spiro atoms. The maximum Gasteiger partial charge on any atom is 0.333 e. The average Bonchev–Trinajstić information content (AvgIpc) is 2.67. The molecule has 0 aliphatic rings. The van der Waals surface area contributed by atoms with Crippen LogP contribution in [0.1, 0.15) is 32.5 Å². The van der Waals surface area contributed by atoms with Crippen LogP contribution in [0.3, 0.4) is 0 Å². The molecule has 0 bridgehead atoms. The molecule has 20 heavy (non-hydrogen) atoms. The molecule has 0 amide bonds. The number of hydrogen-bond donors (Lipinski definition) is 2. The number of anilines is 1. The topological polar surface area (TPSA) is 93.2 Å². The van der Waals surface area contributed by atoms with Gasteiger partial charge in [-0.05, 0) is 34.0 Å². The van der Waals surface area contributed by atoms with E-state index in [9.17, 15) is 15.2 Å². The third-order valence-corrected chi connectivity index (χ3v) is 4.29. The lowest BCUT2D eigenvalue weighted by molar-refractivity contribution is -0.384. The summed E-state index contributed by atoms with van der Waals surface area (Å²) in [7, 11) is 0. The summed E-state index contributed by atoms with van der Waals surface area (Å²) in [4.78, 5) is 10.8. The summed E-state index contributed by atoms with van der Waals surface area (Å²) in [5, 5.41) is 27.9. The van der Waals surface area contributed by atoms with Crippen LogP contribution in [0.2, 0.25) is 0 Å². The van der Waals surface area contributed by atoms with Gasteiger partial charge in [-0.3, -0.25) is 10.1 Å². The van der Waals surface area contributed by atoms with Crippen LogP contribution >= 0.6 is 11.8 Å². The minimum atomic E-state index is -0.413. The lowest BCUT2D eigenvalue weighted by Gasteiger charge is -2.23. The summed E-state index contributed by atoms with van der Waals surface area (Å²) >= 11 is 1.52. The molecular weight excluding hydrogens is 280 g/mol. The first-order valence-electron chi connectivity index (χ1n) is 6.47. The Kier molecular flexibility index (Phi) is 5.82. The summed E-state index contributed by atoms with van der Waals surface area (Å²) in [5.41, 5.74) is 0.395. The number of nitrogens with one attached hydrogen (secondary N) is 1. The predicted molar refractivity (Wildman–Crippen MR) is 81.5 cm³/mol. The number of rotatable bonds is 7. The van der Waals surface area contributed by atoms with Gasteiger partial charge in [-0.1, -0.05) is 0 Å². The Balaban J connectivity index is 3.17. The van der Waals surface area contributed by atoms with Crippen molar-refractivity contribution in [3.63, 3.8) is 0 Å². The van der Waals surface area contributed by atoms with E-state index in [4.69, 9.17) is 0 Å². The van der Waals surface area contributed by atoms with E-state index in [1.165, 1.54) is 11.8 Å². The average molecular weight is 302 g/mol. The molecule has 1 aromatic rings. The summed E-state index contributed by atoms with van der Waals surface area (Å²) in [5.74, 6) is 0.405. The SMILES string of the molecule is CSC(CO)C(C)Nc1c([N+](=O)[O-])c(C)nn1C(C)C. The molecule has 0 saturated carbocycles. The summed E-state index contributed by atoms with van der Waals surface area (Å²) in [6, 6.07) is -0.0961. The number of nitrogens with zero attached hydrogens (tertiary/aromatic N) is 3. The van der Waals surface area contributed by atoms with Crippen LogP contribution in [0.25, 0.3) is 0 Å². The fraction of sp³-hybridized carbons (Fsp3) is 0.750. The second-order valence-corrected chi connectivity index (χ2v) is 6.04. The monoisotopic (exact) mass is 302 g/mol. The molecule has 114 valence electrons. The van der Waals surface area contributed by atoms with Crippen LogP contribution in [0, 0.1) is 17.0 Å². The number of hydrogen-bond acceptors (Lipinski definition) is 6. The van der Waals surface area contributed by atoms with Crippen LogP contribution in [0.15, 0.2) is 0 Å². The highest BCUT2D eigenvalue weighted by atomic mass is 32.2. The van der Waals surface area contributed by atoms with Gasteiger partial charge in [-0.25, -0.2) is 4.68 Å². The Labute approximate surface area is 122 Å². The quantitative estimate of drug-likeness (QED) is 0.592. The molecule has 1 aromatic heterocycles. The fourth-order valence-corrected chi connectivity index (χ4v) is 2.64. The Morgan fingerprint density at radius 3 is 2.50 bits per heavy atom. The van der Waals surface area contributed by atoms with Gasteiger partial charge in [-0.15, -0.1) is 0 Å². The minimum absolute atomic E-state index is 0.00310. The van der Waals surface area contributed by atoms with Gasteiger partial charge in [0.05, 0.1) is 11.5 Å². The van der Waals surface area contributed by atoms with E-state index in [2.05, 4.69) is 10.4 Å². The van der Waals surface area contributed by atoms with Gasteiger partial charge in [0.2, 0.25) is 5.82 Å². The molecule has 2 unspecified atom stereocenters. The van der Waals surface area contributed by atoms with Crippen molar-refractivity contribution in [2.24, 2.45) is 0 Å². The molecule has 8 heteroatoms. The zero-order chi connectivity index (χ0) is 15.4. The van der Waals surface area contributed by atoms with E-state index in [0.717, 1.165) is 0 Å². The smallest absolute Gasteiger partial charge is 0.333 e. The molecular formula is C12H22N4O3S. The lowest BCUT2D eigenvalue weighted by Crippen LogP contribution is -2.32. The highest BCUT2D eigenvalue weighted by Gasteiger charge is 2.28. The first kappa shape index (κ1) is 16.8. The normalized spacial score (nSPS) is 14.3. The highest BCUT2D eigenvalue weighted by molar-refractivity contribution is 7.99. The zero-order valence-electron chi connectivity index (χ0n) is 12.5. The zero-order valence-corrected chi connectivity index (χ0v) is 13.3. The van der Waals surface area contributed by atoms with E-state index < -0.39 is 4.92 Å². The van der Waals surface area contributed by atoms with Crippen LogP contribution in [-0.2, 0) is 0 Å². The van der Waals surface area contributed by atoms with E-state index >= 15 is 0 Å². The number of aliphatic hydroxyl groups is 1. The first-order valence-corrected chi connectivity index (χ1v) is 7.75. The first-order chi connectivity index (χ1) is 9.33. The molecule has 1 heterocycles. The molecule has 7 nitrogen and oxygen atoms in total. The Hall–Kier alpha value is -1.28. The molecule has 0 aliphatic carbocycles. The second kappa shape index (κ2) is 6.94. The van der Waals surface area contributed by atoms with Gasteiger partial charge in [0, 0.05) is 17.3 Å². The van der Waals surface area contributed by atoms with Crippen molar-refractivity contribution in [3.8, 4) is 0 Å². The fourth-order valence-electron chi connectivity index (χ4n) is 2.01.